The molecule has 1 atom stereocenters. The molecule has 1 unspecified atom stereocenters. The van der Waals surface area contributed by atoms with Gasteiger partial charge in [0.1, 0.15) is 17.7 Å². The maximum absolute atomic E-state index is 13.8. The molecule has 0 aliphatic heterocycles. The van der Waals surface area contributed by atoms with Crippen LogP contribution in [-0.4, -0.2) is 28.0 Å². The number of halogens is 2. The third kappa shape index (κ3) is 2.76. The Morgan fingerprint density at radius 2 is 2.10 bits per heavy atom. The summed E-state index contributed by atoms with van der Waals surface area (Å²) >= 11 is 0. The summed E-state index contributed by atoms with van der Waals surface area (Å²) < 4.78 is 26.8. The Labute approximate surface area is 112 Å². The number of aromatic amines is 1. The van der Waals surface area contributed by atoms with Crippen LogP contribution in [0, 0.1) is 11.6 Å². The van der Waals surface area contributed by atoms with Crippen molar-refractivity contribution in [3.8, 4) is 0 Å². The van der Waals surface area contributed by atoms with E-state index in [2.05, 4.69) is 10.3 Å². The number of carbonyl (C=O) groups is 2. The van der Waals surface area contributed by atoms with Crippen molar-refractivity contribution >= 4 is 22.8 Å². The fraction of sp³-hybridized carbons (Fsp3) is 0.231. The minimum absolute atomic E-state index is 0.0997. The summed E-state index contributed by atoms with van der Waals surface area (Å²) in [6.07, 6.45) is 1.31. The first-order valence-electron chi connectivity index (χ1n) is 5.83. The maximum atomic E-state index is 13.8. The van der Waals surface area contributed by atoms with Crippen LogP contribution in [0.5, 0.6) is 0 Å². The highest BCUT2D eigenvalue weighted by atomic mass is 19.1. The van der Waals surface area contributed by atoms with E-state index in [9.17, 15) is 18.4 Å². The van der Waals surface area contributed by atoms with Gasteiger partial charge in [0.2, 0.25) is 5.91 Å². The van der Waals surface area contributed by atoms with Crippen molar-refractivity contribution in [2.24, 2.45) is 0 Å². The van der Waals surface area contributed by atoms with Gasteiger partial charge in [-0.1, -0.05) is 0 Å². The molecule has 0 spiro atoms. The summed E-state index contributed by atoms with van der Waals surface area (Å²) in [4.78, 5) is 24.7. The molecule has 0 aliphatic rings. The Balaban J connectivity index is 2.38. The molecule has 2 rings (SSSR count). The number of aromatic nitrogens is 1. The average Bonchev–Trinajstić information content (AvgIpc) is 2.70. The van der Waals surface area contributed by atoms with E-state index < -0.39 is 29.6 Å². The molecule has 0 fully saturated rings. The summed E-state index contributed by atoms with van der Waals surface area (Å²) in [5, 5.41) is 11.4. The Morgan fingerprint density at radius 3 is 2.70 bits per heavy atom. The van der Waals surface area contributed by atoms with Crippen molar-refractivity contribution in [3.05, 3.63) is 35.5 Å². The number of amides is 1. The predicted octanol–water partition coefficient (Wildman–Crippen LogP) is 1.58. The fourth-order valence-electron chi connectivity index (χ4n) is 2.08. The van der Waals surface area contributed by atoms with Gasteiger partial charge in [0.05, 0.1) is 5.52 Å². The largest absolute Gasteiger partial charge is 0.480 e. The van der Waals surface area contributed by atoms with E-state index in [0.717, 1.165) is 12.1 Å². The van der Waals surface area contributed by atoms with Crippen LogP contribution in [-0.2, 0) is 16.0 Å². The zero-order chi connectivity index (χ0) is 14.9. The van der Waals surface area contributed by atoms with Crippen LogP contribution in [0.2, 0.25) is 0 Å². The number of H-pyrrole nitrogens is 1. The van der Waals surface area contributed by atoms with Crippen molar-refractivity contribution in [3.63, 3.8) is 0 Å². The summed E-state index contributed by atoms with van der Waals surface area (Å²) in [6.45, 7) is 1.20. The molecule has 5 nitrogen and oxygen atoms in total. The van der Waals surface area contributed by atoms with Gasteiger partial charge in [0, 0.05) is 31.0 Å². The van der Waals surface area contributed by atoms with Gasteiger partial charge in [-0.15, -0.1) is 0 Å². The number of fused-ring (bicyclic) bond motifs is 1. The first kappa shape index (κ1) is 14.0. The molecule has 0 radical (unpaired) electrons. The standard InChI is InChI=1S/C13H12F2N2O3/c1-6(18)17-11(13(19)20)2-7-5-16-10-4-8(14)3-9(15)12(7)10/h3-5,11,16H,2H2,1H3,(H,17,18)(H,19,20). The van der Waals surface area contributed by atoms with Crippen molar-refractivity contribution in [2.45, 2.75) is 19.4 Å². The van der Waals surface area contributed by atoms with Gasteiger partial charge >= 0.3 is 5.97 Å². The van der Waals surface area contributed by atoms with Gasteiger partial charge < -0.3 is 15.4 Å². The number of carboxylic acids is 1. The van der Waals surface area contributed by atoms with E-state index in [-0.39, 0.29) is 17.3 Å². The van der Waals surface area contributed by atoms with Gasteiger partial charge in [-0.05, 0) is 11.6 Å². The van der Waals surface area contributed by atoms with E-state index >= 15 is 0 Å². The van der Waals surface area contributed by atoms with E-state index in [1.54, 1.807) is 0 Å². The van der Waals surface area contributed by atoms with Gasteiger partial charge in [0.25, 0.3) is 0 Å². The van der Waals surface area contributed by atoms with E-state index in [1.807, 2.05) is 0 Å². The average molecular weight is 282 g/mol. The fourth-order valence-corrected chi connectivity index (χ4v) is 2.08. The van der Waals surface area contributed by atoms with Crippen LogP contribution in [0.3, 0.4) is 0 Å². The van der Waals surface area contributed by atoms with Gasteiger partial charge in [-0.3, -0.25) is 4.79 Å². The number of hydrogen-bond acceptors (Lipinski definition) is 2. The molecule has 7 heteroatoms. The van der Waals surface area contributed by atoms with Gasteiger partial charge in [-0.2, -0.15) is 0 Å². The SMILES string of the molecule is CC(=O)NC(Cc1c[nH]c2cc(F)cc(F)c12)C(=O)O. The second-order valence-electron chi connectivity index (χ2n) is 4.42. The summed E-state index contributed by atoms with van der Waals surface area (Å²) in [6, 6.07) is 0.681. The zero-order valence-electron chi connectivity index (χ0n) is 10.5. The van der Waals surface area contributed by atoms with Crippen LogP contribution in [0.1, 0.15) is 12.5 Å². The molecule has 1 aromatic heterocycles. The Hall–Kier alpha value is -2.44. The summed E-state index contributed by atoms with van der Waals surface area (Å²) in [7, 11) is 0. The lowest BCUT2D eigenvalue weighted by molar-refractivity contribution is -0.141. The lowest BCUT2D eigenvalue weighted by Crippen LogP contribution is -2.41. The van der Waals surface area contributed by atoms with E-state index in [0.29, 0.717) is 5.56 Å². The second-order valence-corrected chi connectivity index (χ2v) is 4.42. The number of benzene rings is 1. The smallest absolute Gasteiger partial charge is 0.326 e. The van der Waals surface area contributed by atoms with Crippen LogP contribution in [0.4, 0.5) is 8.78 Å². The number of carboxylic acid groups (broad SMARTS) is 1. The quantitative estimate of drug-likeness (QED) is 0.796. The highest BCUT2D eigenvalue weighted by Gasteiger charge is 2.21. The monoisotopic (exact) mass is 282 g/mol. The number of hydrogen-bond donors (Lipinski definition) is 3. The van der Waals surface area contributed by atoms with Gasteiger partial charge in [-0.25, -0.2) is 13.6 Å². The maximum Gasteiger partial charge on any atom is 0.326 e. The van der Waals surface area contributed by atoms with Crippen molar-refractivity contribution in [2.75, 3.05) is 0 Å². The normalized spacial score (nSPS) is 12.3. The molecule has 1 amide bonds. The second kappa shape index (κ2) is 5.28. The Kier molecular flexibility index (Phi) is 3.69. The first-order chi connectivity index (χ1) is 9.38. The molecule has 3 N–H and O–H groups in total. The molecule has 2 aromatic rings. The van der Waals surface area contributed by atoms with Crippen molar-refractivity contribution in [1.29, 1.82) is 0 Å². The van der Waals surface area contributed by atoms with Crippen LogP contribution in [0.25, 0.3) is 10.9 Å². The van der Waals surface area contributed by atoms with Crippen molar-refractivity contribution < 1.29 is 23.5 Å². The molecular formula is C13H12F2N2O3. The summed E-state index contributed by atoms with van der Waals surface area (Å²) in [5.74, 6) is -3.22. The number of rotatable bonds is 4. The lowest BCUT2D eigenvalue weighted by Gasteiger charge is -2.12. The number of nitrogens with one attached hydrogen (secondary N) is 2. The molecule has 20 heavy (non-hydrogen) atoms. The van der Waals surface area contributed by atoms with Crippen LogP contribution < -0.4 is 5.32 Å². The van der Waals surface area contributed by atoms with Crippen LogP contribution in [0.15, 0.2) is 18.3 Å². The molecule has 0 saturated heterocycles. The summed E-state index contributed by atoms with van der Waals surface area (Å²) in [5.41, 5.74) is 0.600. The third-order valence-corrected chi connectivity index (χ3v) is 2.88. The zero-order valence-corrected chi connectivity index (χ0v) is 10.5. The molecular weight excluding hydrogens is 270 g/mol. The Morgan fingerprint density at radius 1 is 1.40 bits per heavy atom. The highest BCUT2D eigenvalue weighted by Crippen LogP contribution is 2.24. The third-order valence-electron chi connectivity index (χ3n) is 2.88. The topological polar surface area (TPSA) is 82.2 Å². The Bertz CT molecular complexity index is 682. The lowest BCUT2D eigenvalue weighted by atomic mass is 10.0. The highest BCUT2D eigenvalue weighted by molar-refractivity contribution is 5.86. The number of carbonyl (C=O) groups excluding carboxylic acids is 1. The van der Waals surface area contributed by atoms with Crippen molar-refractivity contribution in [1.82, 2.24) is 10.3 Å². The van der Waals surface area contributed by atoms with Gasteiger partial charge in [0.15, 0.2) is 0 Å². The van der Waals surface area contributed by atoms with Crippen LogP contribution >= 0.6 is 0 Å². The molecule has 0 bridgehead atoms. The number of aliphatic carboxylic acids is 1. The molecule has 106 valence electrons. The molecule has 0 aliphatic carbocycles. The first-order valence-corrected chi connectivity index (χ1v) is 5.83. The van der Waals surface area contributed by atoms with E-state index in [1.165, 1.54) is 13.1 Å². The predicted molar refractivity (Wildman–Crippen MR) is 67.2 cm³/mol. The molecule has 0 saturated carbocycles. The molecule has 1 aromatic carbocycles. The minimum atomic E-state index is -1.22. The minimum Gasteiger partial charge on any atom is -0.480 e. The molecule has 1 heterocycles. The van der Waals surface area contributed by atoms with E-state index in [4.69, 9.17) is 5.11 Å².